The Kier molecular flexibility index (Phi) is 7.94. The lowest BCUT2D eigenvalue weighted by atomic mass is 10.0. The summed E-state index contributed by atoms with van der Waals surface area (Å²) in [4.78, 5) is 0. The third-order valence-corrected chi connectivity index (χ3v) is 3.75. The number of aryl methyl sites for hydroxylation is 1. The molecular weight excluding hydrogens is 262 g/mol. The minimum absolute atomic E-state index is 0.101. The van der Waals surface area contributed by atoms with Crippen LogP contribution in [0.15, 0.2) is 24.3 Å². The molecule has 1 aromatic rings. The maximum atomic E-state index is 6.12. The fourth-order valence-electron chi connectivity index (χ4n) is 2.10. The van der Waals surface area contributed by atoms with Crippen molar-refractivity contribution in [3.05, 3.63) is 35.4 Å². The first-order valence-electron chi connectivity index (χ1n) is 7.92. The van der Waals surface area contributed by atoms with Crippen molar-refractivity contribution >= 4 is 0 Å². The van der Waals surface area contributed by atoms with Crippen LogP contribution in [0.2, 0.25) is 0 Å². The van der Waals surface area contributed by atoms with Gasteiger partial charge in [-0.3, -0.25) is 0 Å². The van der Waals surface area contributed by atoms with Crippen LogP contribution in [0.5, 0.6) is 0 Å². The zero-order valence-corrected chi connectivity index (χ0v) is 14.2. The lowest BCUT2D eigenvalue weighted by Gasteiger charge is -2.25. The lowest BCUT2D eigenvalue weighted by Crippen LogP contribution is -2.28. The van der Waals surface area contributed by atoms with Gasteiger partial charge >= 0.3 is 0 Å². The Morgan fingerprint density at radius 2 is 2.05 bits per heavy atom. The Morgan fingerprint density at radius 3 is 2.67 bits per heavy atom. The van der Waals surface area contributed by atoms with Crippen LogP contribution >= 0.6 is 0 Å². The van der Waals surface area contributed by atoms with Crippen LogP contribution in [-0.4, -0.2) is 32.4 Å². The van der Waals surface area contributed by atoms with E-state index in [1.807, 2.05) is 0 Å². The van der Waals surface area contributed by atoms with Gasteiger partial charge in [0.05, 0.1) is 18.3 Å². The highest BCUT2D eigenvalue weighted by molar-refractivity contribution is 5.24. The maximum Gasteiger partial charge on any atom is 0.0949 e. The maximum absolute atomic E-state index is 6.12. The summed E-state index contributed by atoms with van der Waals surface area (Å²) >= 11 is 0. The predicted molar refractivity (Wildman–Crippen MR) is 88.7 cm³/mol. The average Bonchev–Trinajstić information content (AvgIpc) is 2.46. The quantitative estimate of drug-likeness (QED) is 0.664. The molecule has 0 saturated carbocycles. The number of ether oxygens (including phenoxy) is 2. The first-order valence-corrected chi connectivity index (χ1v) is 7.92. The number of hydrogen-bond acceptors (Lipinski definition) is 3. The predicted octanol–water partition coefficient (Wildman–Crippen LogP) is 3.87. The minimum atomic E-state index is -0.131. The Morgan fingerprint density at radius 1 is 1.29 bits per heavy atom. The van der Waals surface area contributed by atoms with Crippen molar-refractivity contribution in [3.8, 4) is 0 Å². The number of hydrogen-bond donors (Lipinski definition) is 1. The van der Waals surface area contributed by atoms with Gasteiger partial charge in [0.1, 0.15) is 0 Å². The first kappa shape index (κ1) is 18.1. The monoisotopic (exact) mass is 293 g/mol. The molecule has 1 unspecified atom stereocenters. The first-order chi connectivity index (χ1) is 9.98. The van der Waals surface area contributed by atoms with Gasteiger partial charge in [0.2, 0.25) is 0 Å². The molecule has 1 rings (SSSR count). The van der Waals surface area contributed by atoms with E-state index < -0.39 is 0 Å². The normalized spacial score (nSPS) is 13.4. The molecule has 0 bridgehead atoms. The second-order valence-corrected chi connectivity index (χ2v) is 6.19. The Bertz CT molecular complexity index is 404. The number of methoxy groups -OCH3 is 1. The molecule has 0 aromatic heterocycles. The molecule has 0 aliphatic rings. The van der Waals surface area contributed by atoms with Crippen molar-refractivity contribution in [1.82, 2.24) is 5.32 Å². The van der Waals surface area contributed by atoms with Gasteiger partial charge in [-0.1, -0.05) is 36.8 Å². The molecule has 0 heterocycles. The van der Waals surface area contributed by atoms with Gasteiger partial charge in [0.25, 0.3) is 0 Å². The van der Waals surface area contributed by atoms with Gasteiger partial charge in [-0.2, -0.15) is 0 Å². The van der Waals surface area contributed by atoms with E-state index in [-0.39, 0.29) is 11.7 Å². The lowest BCUT2D eigenvalue weighted by molar-refractivity contribution is -0.0272. The van der Waals surface area contributed by atoms with Crippen molar-refractivity contribution in [3.63, 3.8) is 0 Å². The summed E-state index contributed by atoms with van der Waals surface area (Å²) in [7, 11) is 1.75. The van der Waals surface area contributed by atoms with Gasteiger partial charge in [0.15, 0.2) is 0 Å². The van der Waals surface area contributed by atoms with E-state index in [1.54, 1.807) is 7.11 Å². The molecule has 0 spiro atoms. The molecule has 21 heavy (non-hydrogen) atoms. The van der Waals surface area contributed by atoms with Crippen LogP contribution in [0.25, 0.3) is 0 Å². The molecule has 0 aliphatic heterocycles. The fourth-order valence-corrected chi connectivity index (χ4v) is 2.10. The molecule has 1 N–H and O–H groups in total. The fraction of sp³-hybridized carbons (Fsp3) is 0.667. The zero-order valence-electron chi connectivity index (χ0n) is 14.2. The molecule has 1 aromatic carbocycles. The molecule has 3 nitrogen and oxygen atoms in total. The van der Waals surface area contributed by atoms with Crippen molar-refractivity contribution in [2.45, 2.75) is 52.2 Å². The van der Waals surface area contributed by atoms with E-state index in [4.69, 9.17) is 9.47 Å². The van der Waals surface area contributed by atoms with E-state index in [0.29, 0.717) is 6.61 Å². The van der Waals surface area contributed by atoms with E-state index in [9.17, 15) is 0 Å². The SMILES string of the molecule is CCCNCC(OCCC(C)(C)OC)c1cccc(C)c1. The topological polar surface area (TPSA) is 30.5 Å². The van der Waals surface area contributed by atoms with Crippen LogP contribution in [0.3, 0.4) is 0 Å². The van der Waals surface area contributed by atoms with Crippen LogP contribution < -0.4 is 5.32 Å². The highest BCUT2D eigenvalue weighted by atomic mass is 16.5. The molecule has 1 atom stereocenters. The van der Waals surface area contributed by atoms with Crippen molar-refractivity contribution in [1.29, 1.82) is 0 Å². The van der Waals surface area contributed by atoms with Crippen LogP contribution in [0, 0.1) is 6.92 Å². The molecule has 0 amide bonds. The summed E-state index contributed by atoms with van der Waals surface area (Å²) in [6.45, 7) is 11.1. The third kappa shape index (κ3) is 7.07. The van der Waals surface area contributed by atoms with Gasteiger partial charge in [-0.15, -0.1) is 0 Å². The number of nitrogens with one attached hydrogen (secondary N) is 1. The largest absolute Gasteiger partial charge is 0.379 e. The average molecular weight is 293 g/mol. The second kappa shape index (κ2) is 9.19. The minimum Gasteiger partial charge on any atom is -0.379 e. The zero-order chi connectivity index (χ0) is 15.7. The van der Waals surface area contributed by atoms with Gasteiger partial charge in [0, 0.05) is 13.7 Å². The van der Waals surface area contributed by atoms with Gasteiger partial charge < -0.3 is 14.8 Å². The summed E-state index contributed by atoms with van der Waals surface area (Å²) < 4.78 is 11.6. The van der Waals surface area contributed by atoms with Crippen molar-refractivity contribution in [2.24, 2.45) is 0 Å². The second-order valence-electron chi connectivity index (χ2n) is 6.19. The van der Waals surface area contributed by atoms with Crippen LogP contribution in [-0.2, 0) is 9.47 Å². The Hall–Kier alpha value is -0.900. The number of rotatable bonds is 10. The molecule has 0 aliphatic carbocycles. The van der Waals surface area contributed by atoms with Gasteiger partial charge in [-0.25, -0.2) is 0 Å². The Labute approximate surface area is 130 Å². The van der Waals surface area contributed by atoms with Crippen molar-refractivity contribution in [2.75, 3.05) is 26.8 Å². The molecule has 3 heteroatoms. The highest BCUT2D eigenvalue weighted by Gasteiger charge is 2.18. The smallest absolute Gasteiger partial charge is 0.0949 e. The summed E-state index contributed by atoms with van der Waals surface area (Å²) in [6, 6.07) is 8.57. The van der Waals surface area contributed by atoms with E-state index in [0.717, 1.165) is 25.9 Å². The standard InChI is InChI=1S/C18H31NO2/c1-6-11-19-14-17(16-9-7-8-15(2)13-16)21-12-10-18(3,4)20-5/h7-9,13,17,19H,6,10-12,14H2,1-5H3. The van der Waals surface area contributed by atoms with E-state index in [1.165, 1.54) is 11.1 Å². The van der Waals surface area contributed by atoms with Gasteiger partial charge in [-0.05, 0) is 45.7 Å². The summed E-state index contributed by atoms with van der Waals surface area (Å²) in [5.74, 6) is 0. The summed E-state index contributed by atoms with van der Waals surface area (Å²) in [5, 5.41) is 3.46. The molecular formula is C18H31NO2. The Balaban J connectivity index is 2.60. The third-order valence-electron chi connectivity index (χ3n) is 3.75. The molecule has 120 valence electrons. The molecule has 0 radical (unpaired) electrons. The molecule has 0 fully saturated rings. The van der Waals surface area contributed by atoms with Crippen molar-refractivity contribution < 1.29 is 9.47 Å². The summed E-state index contributed by atoms with van der Waals surface area (Å²) in [6.07, 6.45) is 2.13. The van der Waals surface area contributed by atoms with Crippen LogP contribution in [0.1, 0.15) is 50.8 Å². The van der Waals surface area contributed by atoms with E-state index >= 15 is 0 Å². The number of benzene rings is 1. The van der Waals surface area contributed by atoms with E-state index in [2.05, 4.69) is 57.3 Å². The van der Waals surface area contributed by atoms with Crippen LogP contribution in [0.4, 0.5) is 0 Å². The summed E-state index contributed by atoms with van der Waals surface area (Å²) in [5.41, 5.74) is 2.39. The molecule has 0 saturated heterocycles. The highest BCUT2D eigenvalue weighted by Crippen LogP contribution is 2.20.